The fraction of sp³-hybridized carbons (Fsp3) is 0.467. The molecule has 1 aromatic carbocycles. The van der Waals surface area contributed by atoms with Gasteiger partial charge in [0.05, 0.1) is 18.6 Å². The molecule has 1 aromatic rings. The highest BCUT2D eigenvalue weighted by atomic mass is 19.3. The highest BCUT2D eigenvalue weighted by molar-refractivity contribution is 5.80. The third-order valence-corrected chi connectivity index (χ3v) is 3.81. The number of hydrogen-bond acceptors (Lipinski definition) is 4. The van der Waals surface area contributed by atoms with E-state index in [1.54, 1.807) is 6.07 Å². The minimum absolute atomic E-state index is 0.100. The van der Waals surface area contributed by atoms with Crippen LogP contribution in [0.3, 0.4) is 0 Å². The third-order valence-electron chi connectivity index (χ3n) is 3.81. The second-order valence-corrected chi connectivity index (χ2v) is 4.98. The molecule has 0 spiro atoms. The van der Waals surface area contributed by atoms with Crippen LogP contribution in [-0.4, -0.2) is 19.5 Å². The number of halogens is 2. The maximum atomic E-state index is 12.5. The number of hydrogen-bond donors (Lipinski definition) is 0. The molecule has 0 bridgehead atoms. The standard InChI is InChI=1S/C15H15F2NO3/c1-20-12-3-2-10(8-13(12)21-14(16)17)15(9-18)6-4-11(19)5-7-15/h2-3,8,14H,4-7H2,1H3. The topological polar surface area (TPSA) is 59.3 Å². The van der Waals surface area contributed by atoms with Gasteiger partial charge in [-0.3, -0.25) is 4.79 Å². The Morgan fingerprint density at radius 2 is 1.95 bits per heavy atom. The van der Waals surface area contributed by atoms with E-state index >= 15 is 0 Å². The number of alkyl halides is 2. The average Bonchev–Trinajstić information content (AvgIpc) is 2.48. The normalized spacial score (nSPS) is 17.4. The molecule has 6 heteroatoms. The van der Waals surface area contributed by atoms with E-state index in [2.05, 4.69) is 10.8 Å². The van der Waals surface area contributed by atoms with Crippen molar-refractivity contribution in [1.82, 2.24) is 0 Å². The van der Waals surface area contributed by atoms with Gasteiger partial charge in [-0.05, 0) is 30.5 Å². The zero-order valence-corrected chi connectivity index (χ0v) is 11.6. The fourth-order valence-electron chi connectivity index (χ4n) is 2.58. The monoisotopic (exact) mass is 295 g/mol. The van der Waals surface area contributed by atoms with Crippen LogP contribution >= 0.6 is 0 Å². The van der Waals surface area contributed by atoms with E-state index in [4.69, 9.17) is 4.74 Å². The number of methoxy groups -OCH3 is 1. The Morgan fingerprint density at radius 1 is 1.29 bits per heavy atom. The van der Waals surface area contributed by atoms with Crippen LogP contribution in [0.4, 0.5) is 8.78 Å². The van der Waals surface area contributed by atoms with Gasteiger partial charge >= 0.3 is 6.61 Å². The molecule has 1 saturated carbocycles. The minimum atomic E-state index is -2.97. The second-order valence-electron chi connectivity index (χ2n) is 4.98. The number of rotatable bonds is 4. The van der Waals surface area contributed by atoms with Gasteiger partial charge in [-0.2, -0.15) is 14.0 Å². The summed E-state index contributed by atoms with van der Waals surface area (Å²) in [6, 6.07) is 6.81. The smallest absolute Gasteiger partial charge is 0.387 e. The van der Waals surface area contributed by atoms with Crippen LogP contribution in [0.15, 0.2) is 18.2 Å². The van der Waals surface area contributed by atoms with Gasteiger partial charge in [0.1, 0.15) is 5.78 Å². The quantitative estimate of drug-likeness (QED) is 0.856. The highest BCUT2D eigenvalue weighted by Gasteiger charge is 2.37. The van der Waals surface area contributed by atoms with Gasteiger partial charge in [-0.25, -0.2) is 0 Å². The zero-order valence-electron chi connectivity index (χ0n) is 11.6. The van der Waals surface area contributed by atoms with Crippen molar-refractivity contribution in [3.63, 3.8) is 0 Å². The Hall–Kier alpha value is -2.16. The Labute approximate surface area is 121 Å². The molecule has 0 N–H and O–H groups in total. The Bertz CT molecular complexity index is 571. The molecule has 0 amide bonds. The third kappa shape index (κ3) is 3.13. The largest absolute Gasteiger partial charge is 0.493 e. The lowest BCUT2D eigenvalue weighted by atomic mass is 9.70. The summed E-state index contributed by atoms with van der Waals surface area (Å²) < 4.78 is 34.3. The van der Waals surface area contributed by atoms with Gasteiger partial charge in [0, 0.05) is 12.8 Å². The van der Waals surface area contributed by atoms with Crippen molar-refractivity contribution >= 4 is 5.78 Å². The van der Waals surface area contributed by atoms with Gasteiger partial charge < -0.3 is 9.47 Å². The Kier molecular flexibility index (Phi) is 4.41. The summed E-state index contributed by atoms with van der Waals surface area (Å²) in [6.45, 7) is -2.97. The minimum Gasteiger partial charge on any atom is -0.493 e. The van der Waals surface area contributed by atoms with Gasteiger partial charge in [0.15, 0.2) is 11.5 Å². The van der Waals surface area contributed by atoms with E-state index in [1.165, 1.54) is 19.2 Å². The summed E-state index contributed by atoms with van der Waals surface area (Å²) >= 11 is 0. The van der Waals surface area contributed by atoms with Gasteiger partial charge in [0.2, 0.25) is 0 Å². The molecule has 21 heavy (non-hydrogen) atoms. The lowest BCUT2D eigenvalue weighted by Gasteiger charge is -2.30. The maximum absolute atomic E-state index is 12.5. The number of Topliss-reactive ketones (excluding diaryl/α,β-unsaturated/α-hetero) is 1. The van der Waals surface area contributed by atoms with Crippen LogP contribution in [0.25, 0.3) is 0 Å². The summed E-state index contributed by atoms with van der Waals surface area (Å²) in [7, 11) is 1.35. The van der Waals surface area contributed by atoms with Crippen LogP contribution in [-0.2, 0) is 10.2 Å². The van der Waals surface area contributed by atoms with Crippen molar-refractivity contribution < 1.29 is 23.0 Å². The maximum Gasteiger partial charge on any atom is 0.387 e. The molecule has 4 nitrogen and oxygen atoms in total. The average molecular weight is 295 g/mol. The Morgan fingerprint density at radius 3 is 2.48 bits per heavy atom. The highest BCUT2D eigenvalue weighted by Crippen LogP contribution is 2.41. The summed E-state index contributed by atoms with van der Waals surface area (Å²) in [5, 5.41) is 9.50. The molecular formula is C15H15F2NO3. The van der Waals surface area contributed by atoms with E-state index in [-0.39, 0.29) is 17.3 Å². The Balaban J connectivity index is 2.38. The molecule has 1 fully saturated rings. The van der Waals surface area contributed by atoms with Crippen molar-refractivity contribution in [1.29, 1.82) is 5.26 Å². The molecule has 2 rings (SSSR count). The molecule has 0 aromatic heterocycles. The van der Waals surface area contributed by atoms with E-state index in [0.29, 0.717) is 31.2 Å². The number of carbonyl (C=O) groups excluding carboxylic acids is 1. The first-order chi connectivity index (χ1) is 10.0. The number of nitrogens with zero attached hydrogens (tertiary/aromatic N) is 1. The first-order valence-corrected chi connectivity index (χ1v) is 6.57. The molecule has 0 unspecified atom stereocenters. The van der Waals surface area contributed by atoms with Crippen LogP contribution in [0.2, 0.25) is 0 Å². The van der Waals surface area contributed by atoms with Crippen molar-refractivity contribution in [3.8, 4) is 17.6 Å². The number of carbonyl (C=O) groups is 1. The number of ether oxygens (including phenoxy) is 2. The summed E-state index contributed by atoms with van der Waals surface area (Å²) in [5.41, 5.74) is -0.255. The molecule has 0 saturated heterocycles. The summed E-state index contributed by atoms with van der Waals surface area (Å²) in [5.74, 6) is 0.203. The molecule has 1 aliphatic rings. The van der Waals surface area contributed by atoms with Crippen molar-refractivity contribution in [3.05, 3.63) is 23.8 Å². The van der Waals surface area contributed by atoms with Crippen LogP contribution in [0.1, 0.15) is 31.2 Å². The van der Waals surface area contributed by atoms with E-state index in [9.17, 15) is 18.8 Å². The first-order valence-electron chi connectivity index (χ1n) is 6.57. The number of ketones is 1. The fourth-order valence-corrected chi connectivity index (χ4v) is 2.58. The SMILES string of the molecule is COc1ccc(C2(C#N)CCC(=O)CC2)cc1OC(F)F. The van der Waals surface area contributed by atoms with Crippen molar-refractivity contribution in [2.24, 2.45) is 0 Å². The van der Waals surface area contributed by atoms with Gasteiger partial charge in [-0.15, -0.1) is 0 Å². The molecule has 0 radical (unpaired) electrons. The predicted octanol–water partition coefficient (Wildman–Crippen LogP) is 3.20. The number of benzene rings is 1. The van der Waals surface area contributed by atoms with E-state index in [1.807, 2.05) is 0 Å². The molecule has 0 atom stereocenters. The molecular weight excluding hydrogens is 280 g/mol. The molecule has 0 aliphatic heterocycles. The predicted molar refractivity (Wildman–Crippen MR) is 70.4 cm³/mol. The lowest BCUT2D eigenvalue weighted by Crippen LogP contribution is -2.30. The van der Waals surface area contributed by atoms with E-state index in [0.717, 1.165) is 0 Å². The van der Waals surface area contributed by atoms with Gasteiger partial charge in [0.25, 0.3) is 0 Å². The summed E-state index contributed by atoms with van der Waals surface area (Å²) in [4.78, 5) is 11.4. The molecule has 1 aliphatic carbocycles. The van der Waals surface area contributed by atoms with Crippen molar-refractivity contribution in [2.75, 3.05) is 7.11 Å². The van der Waals surface area contributed by atoms with Crippen LogP contribution in [0, 0.1) is 11.3 Å². The zero-order chi connectivity index (χ0) is 15.5. The van der Waals surface area contributed by atoms with Gasteiger partial charge in [-0.1, -0.05) is 6.07 Å². The van der Waals surface area contributed by atoms with Crippen LogP contribution in [0.5, 0.6) is 11.5 Å². The first kappa shape index (κ1) is 15.2. The lowest BCUT2D eigenvalue weighted by molar-refractivity contribution is -0.120. The van der Waals surface area contributed by atoms with Crippen molar-refractivity contribution in [2.45, 2.75) is 37.7 Å². The number of nitriles is 1. The molecule has 112 valence electrons. The van der Waals surface area contributed by atoms with Crippen LogP contribution < -0.4 is 9.47 Å². The second kappa shape index (κ2) is 6.08. The summed E-state index contributed by atoms with van der Waals surface area (Å²) in [6.07, 6.45) is 1.43. The molecule has 0 heterocycles. The van der Waals surface area contributed by atoms with E-state index < -0.39 is 12.0 Å².